The van der Waals surface area contributed by atoms with Crippen molar-refractivity contribution in [3.63, 3.8) is 0 Å². The van der Waals surface area contributed by atoms with E-state index in [1.54, 1.807) is 0 Å². The lowest BCUT2D eigenvalue weighted by Crippen LogP contribution is -2.15. The van der Waals surface area contributed by atoms with Crippen LogP contribution in [0, 0.1) is 0 Å². The van der Waals surface area contributed by atoms with Gasteiger partial charge in [0.1, 0.15) is 14.5 Å². The van der Waals surface area contributed by atoms with Crippen molar-refractivity contribution < 1.29 is 14.3 Å². The molecule has 0 atom stereocenters. The van der Waals surface area contributed by atoms with Crippen LogP contribution in [-0.2, 0) is 14.3 Å². The van der Waals surface area contributed by atoms with Crippen LogP contribution in [-0.4, -0.2) is 31.9 Å². The van der Waals surface area contributed by atoms with Crippen LogP contribution in [0.15, 0.2) is 0 Å². The normalized spacial score (nSPS) is 9.00. The topological polar surface area (TPSA) is 43.4 Å². The molecule has 0 N–H and O–H groups in total. The largest absolute Gasteiger partial charge is 0.383 e. The molecule has 0 aromatic heterocycles. The Labute approximate surface area is 59.6 Å². The zero-order valence-electron chi connectivity index (χ0n) is 4.66. The van der Waals surface area contributed by atoms with Crippen molar-refractivity contribution in [3.8, 4) is 0 Å². The van der Waals surface area contributed by atoms with Crippen LogP contribution in [0.2, 0.25) is 0 Å². The minimum Gasteiger partial charge on any atom is -0.383 e. The van der Waals surface area contributed by atoms with E-state index in [9.17, 15) is 9.59 Å². The van der Waals surface area contributed by atoms with Gasteiger partial charge in [-0.25, -0.2) is 0 Å². The van der Waals surface area contributed by atoms with Gasteiger partial charge in [0.25, 0.3) is 5.12 Å². The smallest absolute Gasteiger partial charge is 0.254 e. The number of hydrogen-bond donors (Lipinski definition) is 1. The van der Waals surface area contributed by atoms with E-state index in [4.69, 9.17) is 7.85 Å². The summed E-state index contributed by atoms with van der Waals surface area (Å²) in [5, 5.41) is -0.802. The Bertz CT molecular complexity index is 125. The Morgan fingerprint density at radius 2 is 2.11 bits per heavy atom. The molecular weight excluding hydrogens is 139 g/mol. The zero-order valence-corrected chi connectivity index (χ0v) is 5.56. The van der Waals surface area contributed by atoms with Crippen LogP contribution in [0.25, 0.3) is 0 Å². The van der Waals surface area contributed by atoms with Crippen LogP contribution >= 0.6 is 12.6 Å². The molecule has 0 unspecified atom stereocenters. The van der Waals surface area contributed by atoms with E-state index in [0.29, 0.717) is 0 Å². The second-order valence-corrected chi connectivity index (χ2v) is 1.65. The molecule has 0 amide bonds. The van der Waals surface area contributed by atoms with Crippen LogP contribution in [0.5, 0.6) is 0 Å². The Balaban J connectivity index is 3.39. The molecule has 0 aromatic rings. The molecule has 48 valence electrons. The van der Waals surface area contributed by atoms with E-state index in [-0.39, 0.29) is 13.1 Å². The fraction of sp³-hybridized carbons (Fsp3) is 0.500. The van der Waals surface area contributed by atoms with Gasteiger partial charge >= 0.3 is 0 Å². The maximum atomic E-state index is 10.3. The molecule has 0 aliphatic heterocycles. The third kappa shape index (κ3) is 4.23. The Kier molecular flexibility index (Phi) is 4.44. The molecule has 0 bridgehead atoms. The number of ketones is 1. The fourth-order valence-electron chi connectivity index (χ4n) is 0.213. The molecule has 0 spiro atoms. The second-order valence-electron chi connectivity index (χ2n) is 1.24. The molecule has 3 nitrogen and oxygen atoms in total. The molecule has 0 aliphatic rings. The van der Waals surface area contributed by atoms with Gasteiger partial charge in [-0.2, -0.15) is 0 Å². The first-order valence-corrected chi connectivity index (χ1v) is 2.67. The SMILES string of the molecule is [B]COCC(=O)C(=O)S. The van der Waals surface area contributed by atoms with Crippen molar-refractivity contribution in [1.82, 2.24) is 0 Å². The summed E-state index contributed by atoms with van der Waals surface area (Å²) in [5.74, 6) is -0.677. The predicted molar refractivity (Wildman–Crippen MR) is 35.6 cm³/mol. The number of hydrogen-bond acceptors (Lipinski definition) is 3. The van der Waals surface area contributed by atoms with E-state index in [0.717, 1.165) is 0 Å². The standard InChI is InChI=1S/C4H5BO3S/c5-2-8-1-3(6)4(7)9/h1-2H2,(H,7,9). The summed E-state index contributed by atoms with van der Waals surface area (Å²) in [6.45, 7) is -0.342. The van der Waals surface area contributed by atoms with Crippen molar-refractivity contribution in [2.75, 3.05) is 13.1 Å². The molecule has 9 heavy (non-hydrogen) atoms. The number of carbonyl (C=O) groups is 2. The average Bonchev–Trinajstić information content (AvgIpc) is 1.82. The molecule has 0 aliphatic carbocycles. The van der Waals surface area contributed by atoms with Crippen molar-refractivity contribution in [1.29, 1.82) is 0 Å². The zero-order chi connectivity index (χ0) is 7.28. The second kappa shape index (κ2) is 4.58. The Hall–Kier alpha value is -0.285. The van der Waals surface area contributed by atoms with E-state index in [2.05, 4.69) is 17.4 Å². The summed E-state index contributed by atoms with van der Waals surface area (Å²) in [4.78, 5) is 20.3. The Morgan fingerprint density at radius 1 is 1.56 bits per heavy atom. The van der Waals surface area contributed by atoms with Crippen molar-refractivity contribution >= 4 is 31.4 Å². The maximum Gasteiger partial charge on any atom is 0.254 e. The lowest BCUT2D eigenvalue weighted by atomic mass is 10.2. The lowest BCUT2D eigenvalue weighted by Gasteiger charge is -1.93. The highest BCUT2D eigenvalue weighted by Crippen LogP contribution is 1.82. The fourth-order valence-corrected chi connectivity index (χ4v) is 0.278. The van der Waals surface area contributed by atoms with Crippen molar-refractivity contribution in [2.24, 2.45) is 0 Å². The number of thiol groups is 1. The van der Waals surface area contributed by atoms with E-state index >= 15 is 0 Å². The van der Waals surface area contributed by atoms with Gasteiger partial charge in [-0.1, -0.05) is 12.6 Å². The summed E-state index contributed by atoms with van der Waals surface area (Å²) >= 11 is 3.26. The summed E-state index contributed by atoms with van der Waals surface area (Å²) in [5.41, 5.74) is 0. The molecule has 2 radical (unpaired) electrons. The van der Waals surface area contributed by atoms with E-state index in [1.165, 1.54) is 0 Å². The van der Waals surface area contributed by atoms with Gasteiger partial charge in [-0.05, 0) is 0 Å². The van der Waals surface area contributed by atoms with Gasteiger partial charge in [0.15, 0.2) is 0 Å². The summed E-state index contributed by atoms with van der Waals surface area (Å²) in [7, 11) is 4.87. The van der Waals surface area contributed by atoms with Crippen LogP contribution < -0.4 is 0 Å². The van der Waals surface area contributed by atoms with Gasteiger partial charge in [0.2, 0.25) is 5.78 Å². The molecule has 0 fully saturated rings. The highest BCUT2D eigenvalue weighted by atomic mass is 32.1. The number of Topliss-reactive ketones (excluding diaryl/α,β-unsaturated/α-hetero) is 1. The van der Waals surface area contributed by atoms with Crippen LogP contribution in [0.1, 0.15) is 0 Å². The molecule has 5 heteroatoms. The van der Waals surface area contributed by atoms with Gasteiger partial charge in [-0.3, -0.25) is 9.59 Å². The number of rotatable bonds is 4. The van der Waals surface area contributed by atoms with Gasteiger partial charge in [0.05, 0.1) is 0 Å². The minimum absolute atomic E-state index is 0.0627. The first-order valence-electron chi connectivity index (χ1n) is 2.22. The highest BCUT2D eigenvalue weighted by molar-refractivity contribution is 7.98. The number of carbonyl (C=O) groups excluding carboxylic acids is 2. The molecule has 0 rings (SSSR count). The molecule has 0 heterocycles. The first-order chi connectivity index (χ1) is 4.18. The first kappa shape index (κ1) is 8.71. The van der Waals surface area contributed by atoms with Crippen molar-refractivity contribution in [3.05, 3.63) is 0 Å². The van der Waals surface area contributed by atoms with E-state index in [1.807, 2.05) is 0 Å². The number of ether oxygens (including phenoxy) is 1. The van der Waals surface area contributed by atoms with Crippen molar-refractivity contribution in [2.45, 2.75) is 0 Å². The monoisotopic (exact) mass is 144 g/mol. The molecule has 0 saturated carbocycles. The van der Waals surface area contributed by atoms with Crippen LogP contribution in [0.4, 0.5) is 0 Å². The van der Waals surface area contributed by atoms with E-state index < -0.39 is 10.9 Å². The third-order valence-corrected chi connectivity index (χ3v) is 0.839. The maximum absolute atomic E-state index is 10.3. The van der Waals surface area contributed by atoms with Gasteiger partial charge in [0, 0.05) is 6.51 Å². The minimum atomic E-state index is -0.802. The van der Waals surface area contributed by atoms with Gasteiger partial charge < -0.3 is 4.74 Å². The average molecular weight is 144 g/mol. The predicted octanol–water partition coefficient (Wildman–Crippen LogP) is -0.846. The summed E-state index contributed by atoms with van der Waals surface area (Å²) < 4.78 is 4.42. The Morgan fingerprint density at radius 3 is 2.44 bits per heavy atom. The van der Waals surface area contributed by atoms with Crippen LogP contribution in [0.3, 0.4) is 0 Å². The quantitative estimate of drug-likeness (QED) is 0.317. The third-order valence-electron chi connectivity index (χ3n) is 0.590. The molecular formula is C4H5BO3S. The lowest BCUT2D eigenvalue weighted by molar-refractivity contribution is -0.134. The van der Waals surface area contributed by atoms with Gasteiger partial charge in [-0.15, -0.1) is 0 Å². The molecule has 0 aromatic carbocycles. The highest BCUT2D eigenvalue weighted by Gasteiger charge is 2.06. The molecule has 0 saturated heterocycles. The summed E-state index contributed by atoms with van der Waals surface area (Å²) in [6, 6.07) is 0. The summed E-state index contributed by atoms with van der Waals surface area (Å²) in [6.07, 6.45) is 0.